The fourth-order valence-electron chi connectivity index (χ4n) is 2.92. The van der Waals surface area contributed by atoms with Crippen molar-refractivity contribution in [2.75, 3.05) is 0 Å². The molecule has 0 N–H and O–H groups in total. The van der Waals surface area contributed by atoms with Crippen LogP contribution in [0.5, 0.6) is 0 Å². The molecule has 2 aromatic carbocycles. The summed E-state index contributed by atoms with van der Waals surface area (Å²) in [6.45, 7) is 1.90. The average Bonchev–Trinajstić information content (AvgIpc) is 3.33. The molecule has 0 saturated heterocycles. The number of hydrogen-bond acceptors (Lipinski definition) is 3. The molecule has 5 heteroatoms. The van der Waals surface area contributed by atoms with Crippen LogP contribution in [-0.2, 0) is 0 Å². The summed E-state index contributed by atoms with van der Waals surface area (Å²) in [6, 6.07) is 23.6. The Hall–Kier alpha value is -3.36. The lowest BCUT2D eigenvalue weighted by atomic mass is 10.0. The van der Waals surface area contributed by atoms with Gasteiger partial charge < -0.3 is 4.42 Å². The minimum atomic E-state index is 0.560. The van der Waals surface area contributed by atoms with Crippen molar-refractivity contribution in [2.24, 2.45) is 0 Å². The normalized spacial score (nSPS) is 11.4. The zero-order valence-electron chi connectivity index (χ0n) is 15.1. The van der Waals surface area contributed by atoms with E-state index in [1.165, 1.54) is 0 Å². The highest BCUT2D eigenvalue weighted by Gasteiger charge is 2.15. The molecule has 0 radical (unpaired) electrons. The van der Waals surface area contributed by atoms with Gasteiger partial charge in [0.05, 0.1) is 17.3 Å². The lowest BCUT2D eigenvalue weighted by Gasteiger charge is -2.00. The number of para-hydroxylation sites is 1. The van der Waals surface area contributed by atoms with Crippen LogP contribution < -0.4 is 0 Å². The highest BCUT2D eigenvalue weighted by molar-refractivity contribution is 9.10. The second-order valence-corrected chi connectivity index (χ2v) is 7.22. The molecule has 2 aromatic heterocycles. The number of furan rings is 1. The summed E-state index contributed by atoms with van der Waals surface area (Å²) in [5.41, 5.74) is 3.86. The van der Waals surface area contributed by atoms with Crippen LogP contribution in [0.2, 0.25) is 0 Å². The average molecular weight is 430 g/mol. The molecule has 4 rings (SSSR count). The number of rotatable bonds is 4. The maximum Gasteiger partial charge on any atom is 0.155 e. The summed E-state index contributed by atoms with van der Waals surface area (Å²) in [5.74, 6) is 1.49. The van der Waals surface area contributed by atoms with E-state index in [9.17, 15) is 5.26 Å². The van der Waals surface area contributed by atoms with Crippen molar-refractivity contribution in [3.8, 4) is 23.2 Å². The van der Waals surface area contributed by atoms with E-state index in [0.717, 1.165) is 27.0 Å². The largest absolute Gasteiger partial charge is 0.460 e. The van der Waals surface area contributed by atoms with Gasteiger partial charge in [-0.15, -0.1) is 0 Å². The van der Waals surface area contributed by atoms with Crippen molar-refractivity contribution in [2.45, 2.75) is 6.92 Å². The van der Waals surface area contributed by atoms with E-state index < -0.39 is 0 Å². The molecule has 0 bridgehead atoms. The molecular weight excluding hydrogens is 414 g/mol. The Morgan fingerprint density at radius 3 is 2.46 bits per heavy atom. The highest BCUT2D eigenvalue weighted by Crippen LogP contribution is 2.29. The maximum atomic E-state index is 9.72. The third-order valence-electron chi connectivity index (χ3n) is 4.31. The van der Waals surface area contributed by atoms with Gasteiger partial charge in [-0.2, -0.15) is 10.4 Å². The van der Waals surface area contributed by atoms with Crippen molar-refractivity contribution >= 4 is 27.6 Å². The molecule has 136 valence electrons. The molecule has 0 saturated carbocycles. The van der Waals surface area contributed by atoms with Crippen molar-refractivity contribution in [1.82, 2.24) is 9.78 Å². The van der Waals surface area contributed by atoms with E-state index in [4.69, 9.17) is 9.52 Å². The fraction of sp³-hybridized carbons (Fsp3) is 0.0435. The van der Waals surface area contributed by atoms with Gasteiger partial charge in [0.1, 0.15) is 11.5 Å². The number of aryl methyl sites for hydroxylation is 1. The Kier molecular flexibility index (Phi) is 4.96. The lowest BCUT2D eigenvalue weighted by molar-refractivity contribution is 0.545. The second-order valence-electron chi connectivity index (χ2n) is 6.30. The Bertz CT molecular complexity index is 1180. The summed E-state index contributed by atoms with van der Waals surface area (Å²) < 4.78 is 8.57. The Balaban J connectivity index is 1.85. The van der Waals surface area contributed by atoms with E-state index in [1.807, 2.05) is 85.9 Å². The fourth-order valence-corrected chi connectivity index (χ4v) is 3.19. The molecule has 0 spiro atoms. The minimum Gasteiger partial charge on any atom is -0.460 e. The van der Waals surface area contributed by atoms with Gasteiger partial charge in [-0.3, -0.25) is 0 Å². The van der Waals surface area contributed by atoms with Crippen LogP contribution in [0.1, 0.15) is 16.9 Å². The van der Waals surface area contributed by atoms with Crippen LogP contribution in [0.15, 0.2) is 81.8 Å². The standard InChI is InChI=1S/C23H16BrN3O/c1-16-7-12-22(28-16)23-19(15-27(26-23)21-5-3-2-4-6-21)13-18(14-25)17-8-10-20(24)11-9-17/h2-13,15H,1H3/b18-13+. The smallest absolute Gasteiger partial charge is 0.155 e. The number of allylic oxidation sites excluding steroid dienone is 1. The predicted octanol–water partition coefficient (Wildman–Crippen LogP) is 6.27. The molecule has 2 heterocycles. The lowest BCUT2D eigenvalue weighted by Crippen LogP contribution is -1.93. The first-order chi connectivity index (χ1) is 13.6. The SMILES string of the molecule is Cc1ccc(-c2nn(-c3ccccc3)cc2/C=C(\C#N)c2ccc(Br)cc2)o1. The van der Waals surface area contributed by atoms with E-state index in [0.29, 0.717) is 17.0 Å². The van der Waals surface area contributed by atoms with Crippen molar-refractivity contribution < 1.29 is 4.42 Å². The van der Waals surface area contributed by atoms with Gasteiger partial charge in [0.15, 0.2) is 5.76 Å². The molecule has 0 unspecified atom stereocenters. The van der Waals surface area contributed by atoms with E-state index in [1.54, 1.807) is 4.68 Å². The number of nitrogens with zero attached hydrogens (tertiary/aromatic N) is 3. The summed E-state index contributed by atoms with van der Waals surface area (Å²) >= 11 is 3.43. The van der Waals surface area contributed by atoms with Gasteiger partial charge in [0, 0.05) is 16.2 Å². The third-order valence-corrected chi connectivity index (χ3v) is 4.84. The number of nitriles is 1. The molecule has 0 aliphatic heterocycles. The summed E-state index contributed by atoms with van der Waals surface area (Å²) in [5, 5.41) is 14.4. The first kappa shape index (κ1) is 18.0. The summed E-state index contributed by atoms with van der Waals surface area (Å²) in [6.07, 6.45) is 3.77. The Morgan fingerprint density at radius 2 is 1.82 bits per heavy atom. The van der Waals surface area contributed by atoms with E-state index in [-0.39, 0.29) is 0 Å². The molecule has 0 aliphatic carbocycles. The van der Waals surface area contributed by atoms with Crippen LogP contribution in [0.25, 0.3) is 28.8 Å². The number of halogens is 1. The van der Waals surface area contributed by atoms with Crippen LogP contribution >= 0.6 is 15.9 Å². The van der Waals surface area contributed by atoms with Gasteiger partial charge in [0.25, 0.3) is 0 Å². The molecule has 0 amide bonds. The molecular formula is C23H16BrN3O. The molecule has 0 aliphatic rings. The number of hydrogen-bond donors (Lipinski definition) is 0. The summed E-state index contributed by atoms with van der Waals surface area (Å²) in [4.78, 5) is 0. The van der Waals surface area contributed by atoms with Gasteiger partial charge >= 0.3 is 0 Å². The topological polar surface area (TPSA) is 54.8 Å². The zero-order chi connectivity index (χ0) is 19.5. The number of aromatic nitrogens is 2. The predicted molar refractivity (Wildman–Crippen MR) is 114 cm³/mol. The van der Waals surface area contributed by atoms with Crippen molar-refractivity contribution in [3.63, 3.8) is 0 Å². The molecule has 0 fully saturated rings. The Labute approximate surface area is 171 Å². The van der Waals surface area contributed by atoms with Crippen LogP contribution in [0.4, 0.5) is 0 Å². The monoisotopic (exact) mass is 429 g/mol. The minimum absolute atomic E-state index is 0.560. The molecule has 28 heavy (non-hydrogen) atoms. The van der Waals surface area contributed by atoms with Gasteiger partial charge in [-0.1, -0.05) is 46.3 Å². The van der Waals surface area contributed by atoms with Gasteiger partial charge in [-0.25, -0.2) is 4.68 Å². The molecule has 4 aromatic rings. The quantitative estimate of drug-likeness (QED) is 0.359. The Morgan fingerprint density at radius 1 is 1.07 bits per heavy atom. The van der Waals surface area contributed by atoms with Gasteiger partial charge in [0.2, 0.25) is 0 Å². The third kappa shape index (κ3) is 3.68. The number of benzene rings is 2. The first-order valence-corrected chi connectivity index (χ1v) is 9.53. The van der Waals surface area contributed by atoms with Crippen molar-refractivity contribution in [1.29, 1.82) is 5.26 Å². The summed E-state index contributed by atoms with van der Waals surface area (Å²) in [7, 11) is 0. The first-order valence-electron chi connectivity index (χ1n) is 8.74. The van der Waals surface area contributed by atoms with Crippen LogP contribution in [0, 0.1) is 18.3 Å². The van der Waals surface area contributed by atoms with Crippen LogP contribution in [0.3, 0.4) is 0 Å². The molecule has 0 atom stereocenters. The molecule has 4 nitrogen and oxygen atoms in total. The second kappa shape index (κ2) is 7.71. The van der Waals surface area contributed by atoms with Gasteiger partial charge in [-0.05, 0) is 55.0 Å². The van der Waals surface area contributed by atoms with Crippen LogP contribution in [-0.4, -0.2) is 9.78 Å². The highest BCUT2D eigenvalue weighted by atomic mass is 79.9. The maximum absolute atomic E-state index is 9.72. The van der Waals surface area contributed by atoms with E-state index in [2.05, 4.69) is 22.0 Å². The van der Waals surface area contributed by atoms with Crippen molar-refractivity contribution in [3.05, 3.63) is 94.3 Å². The van der Waals surface area contributed by atoms with E-state index >= 15 is 0 Å². The zero-order valence-corrected chi connectivity index (χ0v) is 16.7.